The smallest absolute Gasteiger partial charge is 0.137 e. The van der Waals surface area contributed by atoms with Crippen LogP contribution in [0, 0.1) is 0 Å². The molecule has 0 fully saturated rings. The van der Waals surface area contributed by atoms with Gasteiger partial charge >= 0.3 is 0 Å². The average Bonchev–Trinajstić information content (AvgIpc) is 2.31. The molecule has 1 heterocycles. The van der Waals surface area contributed by atoms with Crippen molar-refractivity contribution in [3.8, 4) is 0 Å². The Bertz CT molecular complexity index is 639. The molecule has 2 rings (SSSR count). The fraction of sp³-hybridized carbons (Fsp3) is 0.286. The van der Waals surface area contributed by atoms with Crippen LogP contribution in [0.4, 0.5) is 11.5 Å². The molecule has 0 bridgehead atoms. The molecule has 0 aliphatic rings. The van der Waals surface area contributed by atoms with Crippen molar-refractivity contribution in [2.24, 2.45) is 0 Å². The first-order chi connectivity index (χ1) is 9.25. The molecule has 0 atom stereocenters. The largest absolute Gasteiger partial charge is 0.339 e. The van der Waals surface area contributed by atoms with E-state index in [9.17, 15) is 0 Å². The van der Waals surface area contributed by atoms with E-state index in [0.717, 1.165) is 26.4 Å². The van der Waals surface area contributed by atoms with Crippen LogP contribution in [0.1, 0.15) is 26.6 Å². The van der Waals surface area contributed by atoms with E-state index in [1.54, 1.807) is 0 Å². The van der Waals surface area contributed by atoms with Crippen LogP contribution in [0.15, 0.2) is 33.3 Å². The van der Waals surface area contributed by atoms with Gasteiger partial charge < -0.3 is 5.32 Å². The molecule has 0 spiro atoms. The summed E-state index contributed by atoms with van der Waals surface area (Å²) in [4.78, 5) is 8.97. The standard InChI is InChI=1S/C14H14Br2ClN3/c1-14(2,3)13-19-11(16)7-12(20-13)18-10-5-4-8(17)6-9(10)15/h4-7H,1-3H3,(H,18,19,20). The van der Waals surface area contributed by atoms with Crippen LogP contribution in [0.3, 0.4) is 0 Å². The van der Waals surface area contributed by atoms with Gasteiger partial charge in [-0.2, -0.15) is 0 Å². The minimum atomic E-state index is -0.114. The molecule has 0 unspecified atom stereocenters. The van der Waals surface area contributed by atoms with Crippen molar-refractivity contribution in [3.63, 3.8) is 0 Å². The van der Waals surface area contributed by atoms with E-state index < -0.39 is 0 Å². The lowest BCUT2D eigenvalue weighted by Crippen LogP contribution is -2.16. The molecule has 3 nitrogen and oxygen atoms in total. The van der Waals surface area contributed by atoms with Crippen molar-refractivity contribution in [2.45, 2.75) is 26.2 Å². The number of halogens is 3. The van der Waals surface area contributed by atoms with E-state index in [-0.39, 0.29) is 5.41 Å². The Balaban J connectivity index is 2.36. The predicted octanol–water partition coefficient (Wildman–Crippen LogP) is 5.70. The van der Waals surface area contributed by atoms with Gasteiger partial charge in [-0.1, -0.05) is 32.4 Å². The molecule has 0 aliphatic heterocycles. The lowest BCUT2D eigenvalue weighted by molar-refractivity contribution is 0.544. The Morgan fingerprint density at radius 2 is 1.80 bits per heavy atom. The van der Waals surface area contributed by atoms with Gasteiger partial charge in [-0.05, 0) is 50.1 Å². The van der Waals surface area contributed by atoms with Gasteiger partial charge in [0.2, 0.25) is 0 Å². The Kier molecular flexibility index (Phi) is 4.72. The summed E-state index contributed by atoms with van der Waals surface area (Å²) in [6, 6.07) is 7.41. The molecular formula is C14H14Br2ClN3. The van der Waals surface area contributed by atoms with Crippen molar-refractivity contribution >= 4 is 55.0 Å². The third kappa shape index (κ3) is 3.93. The molecule has 0 saturated heterocycles. The Morgan fingerprint density at radius 1 is 1.10 bits per heavy atom. The summed E-state index contributed by atoms with van der Waals surface area (Å²) in [5.41, 5.74) is 0.789. The van der Waals surface area contributed by atoms with Crippen LogP contribution in [-0.4, -0.2) is 9.97 Å². The summed E-state index contributed by atoms with van der Waals surface area (Å²) in [6.07, 6.45) is 0. The molecule has 1 aromatic carbocycles. The number of rotatable bonds is 2. The summed E-state index contributed by atoms with van der Waals surface area (Å²) >= 11 is 12.8. The van der Waals surface area contributed by atoms with Gasteiger partial charge in [0, 0.05) is 21.0 Å². The molecule has 0 aliphatic carbocycles. The van der Waals surface area contributed by atoms with E-state index in [2.05, 4.69) is 67.9 Å². The van der Waals surface area contributed by atoms with Crippen molar-refractivity contribution < 1.29 is 0 Å². The van der Waals surface area contributed by atoms with Gasteiger partial charge in [-0.15, -0.1) is 0 Å². The Labute approximate surface area is 140 Å². The summed E-state index contributed by atoms with van der Waals surface area (Å²) < 4.78 is 1.64. The van der Waals surface area contributed by atoms with E-state index in [1.165, 1.54) is 0 Å². The van der Waals surface area contributed by atoms with Gasteiger partial charge in [0.15, 0.2) is 0 Å². The van der Waals surface area contributed by atoms with E-state index in [1.807, 2.05) is 24.3 Å². The highest BCUT2D eigenvalue weighted by Gasteiger charge is 2.19. The molecule has 106 valence electrons. The van der Waals surface area contributed by atoms with Crippen molar-refractivity contribution in [1.82, 2.24) is 9.97 Å². The van der Waals surface area contributed by atoms with Crippen LogP contribution >= 0.6 is 43.5 Å². The zero-order chi connectivity index (χ0) is 14.9. The number of nitrogens with zero attached hydrogens (tertiary/aromatic N) is 2. The maximum atomic E-state index is 5.94. The average molecular weight is 420 g/mol. The summed E-state index contributed by atoms with van der Waals surface area (Å²) in [6.45, 7) is 6.24. The highest BCUT2D eigenvalue weighted by Crippen LogP contribution is 2.29. The lowest BCUT2D eigenvalue weighted by Gasteiger charge is -2.18. The van der Waals surface area contributed by atoms with Gasteiger partial charge in [0.25, 0.3) is 0 Å². The third-order valence-electron chi connectivity index (χ3n) is 2.56. The zero-order valence-electron chi connectivity index (χ0n) is 11.3. The first-order valence-corrected chi connectivity index (χ1v) is 7.99. The SMILES string of the molecule is CC(C)(C)c1nc(Br)cc(Nc2ccc(Cl)cc2Br)n1. The maximum Gasteiger partial charge on any atom is 0.137 e. The number of hydrogen-bond donors (Lipinski definition) is 1. The quantitative estimate of drug-likeness (QED) is 0.635. The molecule has 0 saturated carbocycles. The number of benzene rings is 1. The van der Waals surface area contributed by atoms with E-state index in [4.69, 9.17) is 11.6 Å². The molecule has 0 amide bonds. The van der Waals surface area contributed by atoms with Crippen LogP contribution in [0.25, 0.3) is 0 Å². The highest BCUT2D eigenvalue weighted by atomic mass is 79.9. The Hall–Kier alpha value is -0.650. The lowest BCUT2D eigenvalue weighted by atomic mass is 9.96. The topological polar surface area (TPSA) is 37.8 Å². The number of nitrogens with one attached hydrogen (secondary N) is 1. The number of hydrogen-bond acceptors (Lipinski definition) is 3. The van der Waals surface area contributed by atoms with Crippen LogP contribution in [-0.2, 0) is 5.41 Å². The second-order valence-corrected chi connectivity index (χ2v) is 7.50. The zero-order valence-corrected chi connectivity index (χ0v) is 15.3. The first kappa shape index (κ1) is 15.7. The van der Waals surface area contributed by atoms with Crippen molar-refractivity contribution in [2.75, 3.05) is 5.32 Å². The summed E-state index contributed by atoms with van der Waals surface area (Å²) in [7, 11) is 0. The molecule has 1 N–H and O–H groups in total. The monoisotopic (exact) mass is 417 g/mol. The normalized spacial score (nSPS) is 11.5. The van der Waals surface area contributed by atoms with Gasteiger partial charge in [-0.3, -0.25) is 0 Å². The number of anilines is 2. The van der Waals surface area contributed by atoms with Crippen LogP contribution in [0.2, 0.25) is 5.02 Å². The van der Waals surface area contributed by atoms with E-state index >= 15 is 0 Å². The number of aromatic nitrogens is 2. The van der Waals surface area contributed by atoms with Crippen LogP contribution < -0.4 is 5.32 Å². The molecular weight excluding hydrogens is 405 g/mol. The van der Waals surface area contributed by atoms with Crippen LogP contribution in [0.5, 0.6) is 0 Å². The van der Waals surface area contributed by atoms with Crippen molar-refractivity contribution in [3.05, 3.63) is 44.2 Å². The third-order valence-corrected chi connectivity index (χ3v) is 3.86. The first-order valence-electron chi connectivity index (χ1n) is 6.03. The van der Waals surface area contributed by atoms with Crippen molar-refractivity contribution in [1.29, 1.82) is 0 Å². The summed E-state index contributed by atoms with van der Waals surface area (Å²) in [5, 5.41) is 3.95. The maximum absolute atomic E-state index is 5.94. The highest BCUT2D eigenvalue weighted by molar-refractivity contribution is 9.10. The van der Waals surface area contributed by atoms with Gasteiger partial charge in [-0.25, -0.2) is 9.97 Å². The van der Waals surface area contributed by atoms with Gasteiger partial charge in [0.05, 0.1) is 5.69 Å². The van der Waals surface area contributed by atoms with Gasteiger partial charge in [0.1, 0.15) is 16.2 Å². The molecule has 0 radical (unpaired) electrons. The molecule has 1 aromatic heterocycles. The minimum Gasteiger partial charge on any atom is -0.339 e. The second kappa shape index (κ2) is 6.00. The Morgan fingerprint density at radius 3 is 2.40 bits per heavy atom. The minimum absolute atomic E-state index is 0.114. The molecule has 2 aromatic rings. The predicted molar refractivity (Wildman–Crippen MR) is 90.9 cm³/mol. The fourth-order valence-corrected chi connectivity index (χ4v) is 2.71. The fourth-order valence-electron chi connectivity index (χ4n) is 1.55. The molecule has 6 heteroatoms. The molecule has 20 heavy (non-hydrogen) atoms. The summed E-state index contributed by atoms with van der Waals surface area (Å²) in [5.74, 6) is 1.51. The van der Waals surface area contributed by atoms with E-state index in [0.29, 0.717) is 5.02 Å². The second-order valence-electron chi connectivity index (χ2n) is 5.40.